The van der Waals surface area contributed by atoms with Crippen LogP contribution in [-0.4, -0.2) is 36.5 Å². The molecule has 3 rings (SSSR count). The Kier molecular flexibility index (Phi) is 4.62. The number of hydrogen-bond acceptors (Lipinski definition) is 2. The third kappa shape index (κ3) is 3.68. The summed E-state index contributed by atoms with van der Waals surface area (Å²) in [5.74, 6) is 0.283. The summed E-state index contributed by atoms with van der Waals surface area (Å²) in [6.07, 6.45) is -0.0201. The molecule has 0 aliphatic carbocycles. The zero-order valence-corrected chi connectivity index (χ0v) is 12.9. The maximum atomic E-state index is 12.6. The topological polar surface area (TPSA) is 32.3 Å². The molecule has 0 aromatic heterocycles. The van der Waals surface area contributed by atoms with E-state index in [9.17, 15) is 18.0 Å². The molecule has 0 unspecified atom stereocenters. The summed E-state index contributed by atoms with van der Waals surface area (Å²) in [6, 6.07) is 4.99. The van der Waals surface area contributed by atoms with Gasteiger partial charge in [-0.3, -0.25) is 4.79 Å². The van der Waals surface area contributed by atoms with E-state index in [2.05, 4.69) is 5.32 Å². The van der Waals surface area contributed by atoms with Gasteiger partial charge in [-0.1, -0.05) is 6.42 Å². The molecule has 2 aliphatic heterocycles. The van der Waals surface area contributed by atoms with Crippen molar-refractivity contribution in [2.75, 3.05) is 19.6 Å². The lowest BCUT2D eigenvalue weighted by molar-refractivity contribution is -0.137. The summed E-state index contributed by atoms with van der Waals surface area (Å²) < 4.78 is 37.8. The predicted octanol–water partition coefficient (Wildman–Crippen LogP) is 3.31. The lowest BCUT2D eigenvalue weighted by atomic mass is 9.89. The molecule has 2 atom stereocenters. The summed E-state index contributed by atoms with van der Waals surface area (Å²) in [5.41, 5.74) is -0.390. The van der Waals surface area contributed by atoms with Crippen LogP contribution in [-0.2, 0) is 6.18 Å². The fraction of sp³-hybridized carbons (Fsp3) is 0.588. The normalized spacial score (nSPS) is 25.6. The average Bonchev–Trinajstić information content (AvgIpc) is 2.78. The molecular formula is C17H21F3N2O. The number of likely N-dealkylation sites (tertiary alicyclic amines) is 1. The third-order valence-corrected chi connectivity index (χ3v) is 4.89. The molecule has 0 radical (unpaired) electrons. The molecule has 3 nitrogen and oxygen atoms in total. The monoisotopic (exact) mass is 326 g/mol. The van der Waals surface area contributed by atoms with Crippen LogP contribution in [0.1, 0.15) is 41.6 Å². The Hall–Kier alpha value is -1.56. The minimum atomic E-state index is -4.37. The number of benzene rings is 1. The predicted molar refractivity (Wildman–Crippen MR) is 81.1 cm³/mol. The van der Waals surface area contributed by atoms with Crippen LogP contribution in [0.2, 0.25) is 0 Å². The van der Waals surface area contributed by atoms with Gasteiger partial charge in [0.05, 0.1) is 5.56 Å². The van der Waals surface area contributed by atoms with Crippen LogP contribution in [0, 0.1) is 5.92 Å². The smallest absolute Gasteiger partial charge is 0.338 e. The van der Waals surface area contributed by atoms with Gasteiger partial charge in [-0.25, -0.2) is 0 Å². The largest absolute Gasteiger partial charge is 0.416 e. The number of piperidine rings is 1. The molecule has 1 amide bonds. The van der Waals surface area contributed by atoms with Crippen LogP contribution < -0.4 is 5.32 Å². The van der Waals surface area contributed by atoms with E-state index in [0.717, 1.165) is 37.9 Å². The van der Waals surface area contributed by atoms with Crippen LogP contribution in [0.15, 0.2) is 24.3 Å². The van der Waals surface area contributed by atoms with Crippen LogP contribution in [0.5, 0.6) is 0 Å². The van der Waals surface area contributed by atoms with Crippen LogP contribution in [0.3, 0.4) is 0 Å². The van der Waals surface area contributed by atoms with E-state index in [-0.39, 0.29) is 5.91 Å². The minimum Gasteiger partial charge on any atom is -0.338 e. The lowest BCUT2D eigenvalue weighted by Crippen LogP contribution is -2.50. The Bertz CT molecular complexity index is 556. The first-order valence-electron chi connectivity index (χ1n) is 8.15. The molecule has 0 bridgehead atoms. The molecule has 0 spiro atoms. The van der Waals surface area contributed by atoms with E-state index >= 15 is 0 Å². The van der Waals surface area contributed by atoms with Crippen molar-refractivity contribution in [2.45, 2.75) is 37.9 Å². The van der Waals surface area contributed by atoms with Crippen LogP contribution >= 0.6 is 0 Å². The van der Waals surface area contributed by atoms with Gasteiger partial charge in [-0.2, -0.15) is 13.2 Å². The number of carbonyl (C=O) groups excluding carboxylic acids is 1. The molecule has 0 saturated carbocycles. The highest BCUT2D eigenvalue weighted by molar-refractivity contribution is 5.94. The van der Waals surface area contributed by atoms with Crippen molar-refractivity contribution >= 4 is 5.91 Å². The van der Waals surface area contributed by atoms with E-state index in [1.807, 2.05) is 0 Å². The molecule has 1 aromatic rings. The van der Waals surface area contributed by atoms with Crippen molar-refractivity contribution in [3.63, 3.8) is 0 Å². The number of nitrogens with one attached hydrogen (secondary N) is 1. The highest BCUT2D eigenvalue weighted by Gasteiger charge is 2.33. The number of alkyl halides is 3. The summed E-state index contributed by atoms with van der Waals surface area (Å²) >= 11 is 0. The fourth-order valence-corrected chi connectivity index (χ4v) is 3.58. The maximum Gasteiger partial charge on any atom is 0.416 e. The Labute approximate surface area is 133 Å². The van der Waals surface area contributed by atoms with Gasteiger partial charge in [-0.05, 0) is 56.0 Å². The second-order valence-electron chi connectivity index (χ2n) is 6.43. The van der Waals surface area contributed by atoms with Crippen molar-refractivity contribution in [2.24, 2.45) is 5.92 Å². The van der Waals surface area contributed by atoms with Gasteiger partial charge in [0.2, 0.25) is 0 Å². The molecule has 6 heteroatoms. The number of halogens is 3. The van der Waals surface area contributed by atoms with Gasteiger partial charge in [0.15, 0.2) is 0 Å². The number of hydrogen-bond donors (Lipinski definition) is 1. The summed E-state index contributed by atoms with van der Waals surface area (Å²) in [6.45, 7) is 2.39. The summed E-state index contributed by atoms with van der Waals surface area (Å²) in [7, 11) is 0. The van der Waals surface area contributed by atoms with Gasteiger partial charge < -0.3 is 10.2 Å². The zero-order valence-electron chi connectivity index (χ0n) is 12.9. The third-order valence-electron chi connectivity index (χ3n) is 4.89. The van der Waals surface area contributed by atoms with Crippen molar-refractivity contribution in [3.05, 3.63) is 35.4 Å². The zero-order chi connectivity index (χ0) is 16.4. The second kappa shape index (κ2) is 6.51. The standard InChI is InChI=1S/C17H21F3N2O/c18-17(19,20)14-6-4-12(5-7-14)16(23)22-10-8-15-13(11-22)3-1-2-9-21-15/h4-7,13,15,21H,1-3,8-11H2/t13-,15-/m1/s1. The summed E-state index contributed by atoms with van der Waals surface area (Å²) in [5, 5.41) is 3.54. The number of fused-ring (bicyclic) bond motifs is 1. The summed E-state index contributed by atoms with van der Waals surface area (Å²) in [4.78, 5) is 14.3. The van der Waals surface area contributed by atoms with Crippen LogP contribution in [0.25, 0.3) is 0 Å². The molecule has 2 saturated heterocycles. The molecule has 2 fully saturated rings. The van der Waals surface area contributed by atoms with Crippen molar-refractivity contribution in [1.82, 2.24) is 10.2 Å². The SMILES string of the molecule is O=C(c1ccc(C(F)(F)F)cc1)N1CC[C@H]2NCCCC[C@@H]2C1. The number of carbonyl (C=O) groups is 1. The quantitative estimate of drug-likeness (QED) is 0.859. The Morgan fingerprint density at radius 3 is 2.57 bits per heavy atom. The van der Waals surface area contributed by atoms with E-state index in [4.69, 9.17) is 0 Å². The Morgan fingerprint density at radius 2 is 1.87 bits per heavy atom. The van der Waals surface area contributed by atoms with Gasteiger partial charge in [-0.15, -0.1) is 0 Å². The number of rotatable bonds is 1. The molecule has 1 N–H and O–H groups in total. The van der Waals surface area contributed by atoms with Gasteiger partial charge in [0.25, 0.3) is 5.91 Å². The maximum absolute atomic E-state index is 12.6. The molecule has 23 heavy (non-hydrogen) atoms. The van der Waals surface area contributed by atoms with E-state index in [1.165, 1.54) is 18.6 Å². The van der Waals surface area contributed by atoms with E-state index < -0.39 is 11.7 Å². The van der Waals surface area contributed by atoms with Crippen molar-refractivity contribution < 1.29 is 18.0 Å². The van der Waals surface area contributed by atoms with Gasteiger partial charge in [0, 0.05) is 24.7 Å². The number of amides is 1. The van der Waals surface area contributed by atoms with Crippen molar-refractivity contribution in [1.29, 1.82) is 0 Å². The highest BCUT2D eigenvalue weighted by Crippen LogP contribution is 2.30. The lowest BCUT2D eigenvalue weighted by Gasteiger charge is -2.38. The van der Waals surface area contributed by atoms with Gasteiger partial charge >= 0.3 is 6.18 Å². The minimum absolute atomic E-state index is 0.165. The first-order valence-corrected chi connectivity index (χ1v) is 8.15. The molecule has 1 aromatic carbocycles. The van der Waals surface area contributed by atoms with E-state index in [0.29, 0.717) is 30.6 Å². The average molecular weight is 326 g/mol. The Balaban J connectivity index is 1.68. The molecular weight excluding hydrogens is 305 g/mol. The second-order valence-corrected chi connectivity index (χ2v) is 6.43. The first kappa shape index (κ1) is 16.3. The van der Waals surface area contributed by atoms with Crippen molar-refractivity contribution in [3.8, 4) is 0 Å². The molecule has 2 heterocycles. The first-order chi connectivity index (χ1) is 10.9. The molecule has 2 aliphatic rings. The Morgan fingerprint density at radius 1 is 1.13 bits per heavy atom. The molecule has 126 valence electrons. The number of nitrogens with zero attached hydrogens (tertiary/aromatic N) is 1. The highest BCUT2D eigenvalue weighted by atomic mass is 19.4. The van der Waals surface area contributed by atoms with Gasteiger partial charge in [0.1, 0.15) is 0 Å². The van der Waals surface area contributed by atoms with Crippen LogP contribution in [0.4, 0.5) is 13.2 Å². The fourth-order valence-electron chi connectivity index (χ4n) is 3.58. The van der Waals surface area contributed by atoms with E-state index in [1.54, 1.807) is 4.90 Å².